The first-order chi connectivity index (χ1) is 8.25. The Kier molecular flexibility index (Phi) is 4.76. The van der Waals surface area contributed by atoms with E-state index in [-0.39, 0.29) is 18.1 Å². The van der Waals surface area contributed by atoms with E-state index in [4.69, 9.17) is 4.74 Å². The van der Waals surface area contributed by atoms with Gasteiger partial charge < -0.3 is 20.3 Å². The number of nitrogens with one attached hydrogen (secondary N) is 2. The molecule has 0 saturated carbocycles. The van der Waals surface area contributed by atoms with Crippen LogP contribution in [-0.4, -0.2) is 62.8 Å². The summed E-state index contributed by atoms with van der Waals surface area (Å²) < 4.78 is 5.61. The average molecular weight is 241 g/mol. The summed E-state index contributed by atoms with van der Waals surface area (Å²) in [6.45, 7) is 4.23. The molecule has 2 saturated heterocycles. The second kappa shape index (κ2) is 6.33. The normalized spacial score (nSPS) is 31.1. The van der Waals surface area contributed by atoms with Crippen LogP contribution in [0.25, 0.3) is 0 Å². The Bertz CT molecular complexity index is 254. The van der Waals surface area contributed by atoms with E-state index in [0.29, 0.717) is 6.54 Å². The van der Waals surface area contributed by atoms with Crippen molar-refractivity contribution in [3.8, 4) is 0 Å². The number of hydrogen-bond donors (Lipinski definition) is 2. The molecule has 2 N–H and O–H groups in total. The molecule has 2 aliphatic heterocycles. The molecular formula is C12H23N3O2. The van der Waals surface area contributed by atoms with E-state index in [0.717, 1.165) is 39.1 Å². The third-order valence-corrected chi connectivity index (χ3v) is 3.47. The number of nitrogens with zero attached hydrogens (tertiary/aromatic N) is 1. The second-order valence-corrected chi connectivity index (χ2v) is 5.00. The Balaban J connectivity index is 1.68. The van der Waals surface area contributed by atoms with Gasteiger partial charge in [-0.3, -0.25) is 4.79 Å². The van der Waals surface area contributed by atoms with Crippen LogP contribution in [0.5, 0.6) is 0 Å². The van der Waals surface area contributed by atoms with E-state index in [2.05, 4.69) is 22.6 Å². The molecule has 2 atom stereocenters. The number of piperidine rings is 1. The third kappa shape index (κ3) is 3.94. The summed E-state index contributed by atoms with van der Waals surface area (Å²) in [4.78, 5) is 14.1. The van der Waals surface area contributed by atoms with Gasteiger partial charge in [0.2, 0.25) is 5.91 Å². The topological polar surface area (TPSA) is 53.6 Å². The van der Waals surface area contributed by atoms with Gasteiger partial charge >= 0.3 is 0 Å². The molecule has 2 aliphatic rings. The highest BCUT2D eigenvalue weighted by Crippen LogP contribution is 2.07. The number of rotatable bonds is 3. The highest BCUT2D eigenvalue weighted by Gasteiger charge is 2.22. The maximum absolute atomic E-state index is 11.9. The lowest BCUT2D eigenvalue weighted by Crippen LogP contribution is -2.51. The van der Waals surface area contributed by atoms with Crippen molar-refractivity contribution in [2.45, 2.75) is 31.4 Å². The molecule has 5 nitrogen and oxygen atoms in total. The Labute approximate surface area is 103 Å². The van der Waals surface area contributed by atoms with E-state index >= 15 is 0 Å². The molecule has 5 heteroatoms. The SMILES string of the molecule is CN1CCOC(CNC(=O)C2CCCCN2)C1. The van der Waals surface area contributed by atoms with Crippen LogP contribution in [-0.2, 0) is 9.53 Å². The zero-order chi connectivity index (χ0) is 12.1. The summed E-state index contributed by atoms with van der Waals surface area (Å²) in [7, 11) is 2.08. The van der Waals surface area contributed by atoms with E-state index in [1.807, 2.05) is 0 Å². The number of carbonyl (C=O) groups is 1. The second-order valence-electron chi connectivity index (χ2n) is 5.00. The first kappa shape index (κ1) is 12.8. The molecule has 0 radical (unpaired) electrons. The summed E-state index contributed by atoms with van der Waals surface area (Å²) in [6.07, 6.45) is 3.42. The van der Waals surface area contributed by atoms with Crippen molar-refractivity contribution >= 4 is 5.91 Å². The van der Waals surface area contributed by atoms with Crippen molar-refractivity contribution in [3.05, 3.63) is 0 Å². The molecule has 2 fully saturated rings. The first-order valence-corrected chi connectivity index (χ1v) is 6.57. The molecule has 0 aliphatic carbocycles. The van der Waals surface area contributed by atoms with Crippen LogP contribution in [0, 0.1) is 0 Å². The predicted molar refractivity (Wildman–Crippen MR) is 65.9 cm³/mol. The molecule has 0 aromatic rings. The minimum Gasteiger partial charge on any atom is -0.374 e. The van der Waals surface area contributed by atoms with Crippen LogP contribution < -0.4 is 10.6 Å². The van der Waals surface area contributed by atoms with E-state index in [1.165, 1.54) is 6.42 Å². The molecule has 0 aromatic heterocycles. The fourth-order valence-corrected chi connectivity index (χ4v) is 2.40. The number of amides is 1. The highest BCUT2D eigenvalue weighted by atomic mass is 16.5. The number of morpholine rings is 1. The highest BCUT2D eigenvalue weighted by molar-refractivity contribution is 5.81. The summed E-state index contributed by atoms with van der Waals surface area (Å²) >= 11 is 0. The van der Waals surface area contributed by atoms with Gasteiger partial charge in [0, 0.05) is 19.6 Å². The Morgan fingerprint density at radius 1 is 1.53 bits per heavy atom. The number of carbonyl (C=O) groups excluding carboxylic acids is 1. The van der Waals surface area contributed by atoms with Gasteiger partial charge in [0.05, 0.1) is 18.8 Å². The lowest BCUT2D eigenvalue weighted by molar-refractivity contribution is -0.124. The first-order valence-electron chi connectivity index (χ1n) is 6.57. The van der Waals surface area contributed by atoms with Crippen molar-refractivity contribution in [1.29, 1.82) is 0 Å². The minimum atomic E-state index is 0.00469. The third-order valence-electron chi connectivity index (χ3n) is 3.47. The smallest absolute Gasteiger partial charge is 0.237 e. The van der Waals surface area contributed by atoms with Gasteiger partial charge in [-0.15, -0.1) is 0 Å². The van der Waals surface area contributed by atoms with Crippen LogP contribution in [0.4, 0.5) is 0 Å². The molecule has 2 rings (SSSR count). The maximum atomic E-state index is 11.9. The van der Waals surface area contributed by atoms with Gasteiger partial charge in [-0.2, -0.15) is 0 Å². The summed E-state index contributed by atoms with van der Waals surface area (Å²) in [5.74, 6) is 0.126. The van der Waals surface area contributed by atoms with Crippen LogP contribution >= 0.6 is 0 Å². The fraction of sp³-hybridized carbons (Fsp3) is 0.917. The van der Waals surface area contributed by atoms with E-state index in [1.54, 1.807) is 0 Å². The zero-order valence-electron chi connectivity index (χ0n) is 10.6. The summed E-state index contributed by atoms with van der Waals surface area (Å²) in [5.41, 5.74) is 0. The van der Waals surface area contributed by atoms with Crippen LogP contribution in [0.1, 0.15) is 19.3 Å². The van der Waals surface area contributed by atoms with Gasteiger partial charge in [0.25, 0.3) is 0 Å². The van der Waals surface area contributed by atoms with Crippen LogP contribution in [0.2, 0.25) is 0 Å². The van der Waals surface area contributed by atoms with Crippen molar-refractivity contribution in [1.82, 2.24) is 15.5 Å². The van der Waals surface area contributed by atoms with E-state index < -0.39 is 0 Å². The van der Waals surface area contributed by atoms with Gasteiger partial charge in [0.15, 0.2) is 0 Å². The van der Waals surface area contributed by atoms with Crippen molar-refractivity contribution in [2.75, 3.05) is 39.8 Å². The quantitative estimate of drug-likeness (QED) is 0.704. The number of hydrogen-bond acceptors (Lipinski definition) is 4. The molecule has 0 spiro atoms. The summed E-state index contributed by atoms with van der Waals surface area (Å²) in [5, 5.41) is 6.24. The Morgan fingerprint density at radius 3 is 3.12 bits per heavy atom. The van der Waals surface area contributed by atoms with Crippen molar-refractivity contribution in [3.63, 3.8) is 0 Å². The van der Waals surface area contributed by atoms with E-state index in [9.17, 15) is 4.79 Å². The van der Waals surface area contributed by atoms with Crippen molar-refractivity contribution < 1.29 is 9.53 Å². The molecule has 98 valence electrons. The van der Waals surface area contributed by atoms with Gasteiger partial charge in [-0.25, -0.2) is 0 Å². The molecule has 2 unspecified atom stereocenters. The lowest BCUT2D eigenvalue weighted by Gasteiger charge is -2.31. The fourth-order valence-electron chi connectivity index (χ4n) is 2.40. The Morgan fingerprint density at radius 2 is 2.41 bits per heavy atom. The lowest BCUT2D eigenvalue weighted by atomic mass is 10.0. The van der Waals surface area contributed by atoms with Gasteiger partial charge in [-0.05, 0) is 26.4 Å². The molecule has 0 aromatic carbocycles. The zero-order valence-corrected chi connectivity index (χ0v) is 10.6. The monoisotopic (exact) mass is 241 g/mol. The molecule has 1 amide bonds. The van der Waals surface area contributed by atoms with Gasteiger partial charge in [-0.1, -0.05) is 6.42 Å². The van der Waals surface area contributed by atoms with Crippen LogP contribution in [0.15, 0.2) is 0 Å². The standard InChI is InChI=1S/C12H23N3O2/c1-15-6-7-17-10(9-15)8-14-12(16)11-4-2-3-5-13-11/h10-11,13H,2-9H2,1H3,(H,14,16). The average Bonchev–Trinajstić information content (AvgIpc) is 2.37. The maximum Gasteiger partial charge on any atom is 0.237 e. The predicted octanol–water partition coefficient (Wildman–Crippen LogP) is -0.425. The van der Waals surface area contributed by atoms with Gasteiger partial charge in [0.1, 0.15) is 0 Å². The van der Waals surface area contributed by atoms with Crippen molar-refractivity contribution in [2.24, 2.45) is 0 Å². The molecular weight excluding hydrogens is 218 g/mol. The largest absolute Gasteiger partial charge is 0.374 e. The number of ether oxygens (including phenoxy) is 1. The van der Waals surface area contributed by atoms with Crippen LogP contribution in [0.3, 0.4) is 0 Å². The molecule has 17 heavy (non-hydrogen) atoms. The summed E-state index contributed by atoms with van der Waals surface area (Å²) in [6, 6.07) is 0.00469. The molecule has 0 bridgehead atoms. The number of likely N-dealkylation sites (N-methyl/N-ethyl adjacent to an activating group) is 1. The minimum absolute atomic E-state index is 0.00469. The Hall–Kier alpha value is -0.650. The molecule has 2 heterocycles.